The molecule has 164 valence electrons. The van der Waals surface area contributed by atoms with Crippen molar-refractivity contribution in [3.8, 4) is 5.75 Å². The van der Waals surface area contributed by atoms with Crippen LogP contribution < -0.4 is 15.4 Å². The van der Waals surface area contributed by atoms with Crippen LogP contribution >= 0.6 is 0 Å². The first-order valence-electron chi connectivity index (χ1n) is 9.80. The minimum Gasteiger partial charge on any atom is -0.471 e. The maximum absolute atomic E-state index is 12.7. The molecule has 1 aromatic carbocycles. The first-order chi connectivity index (χ1) is 15.5. The highest BCUT2D eigenvalue weighted by atomic mass is 16.5. The molecule has 3 heterocycles. The molecule has 0 bridgehead atoms. The lowest BCUT2D eigenvalue weighted by Gasteiger charge is -2.08. The van der Waals surface area contributed by atoms with Gasteiger partial charge in [0.15, 0.2) is 12.4 Å². The van der Waals surface area contributed by atoms with Gasteiger partial charge >= 0.3 is 0 Å². The molecule has 2 amide bonds. The second kappa shape index (κ2) is 9.16. The SMILES string of the molecule is Cn1cc(CNC(=O)c2c(NC(=O)c3ccn(COc4ccccc4)n3)cnn2C)cn1. The van der Waals surface area contributed by atoms with Crippen LogP contribution in [0.15, 0.2) is 61.2 Å². The number of hydrogen-bond donors (Lipinski definition) is 2. The molecule has 0 fully saturated rings. The number of nitrogens with zero attached hydrogens (tertiary/aromatic N) is 6. The number of rotatable bonds is 8. The summed E-state index contributed by atoms with van der Waals surface area (Å²) in [5.74, 6) is -0.130. The monoisotopic (exact) mass is 434 g/mol. The molecular formula is C21H22N8O3. The van der Waals surface area contributed by atoms with Gasteiger partial charge in [-0.3, -0.25) is 19.0 Å². The van der Waals surface area contributed by atoms with E-state index in [-0.39, 0.29) is 29.7 Å². The average Bonchev–Trinajstić information content (AvgIpc) is 3.52. The molecular weight excluding hydrogens is 412 g/mol. The van der Waals surface area contributed by atoms with Crippen LogP contribution in [0.2, 0.25) is 0 Å². The fourth-order valence-electron chi connectivity index (χ4n) is 3.03. The van der Waals surface area contributed by atoms with Crippen molar-refractivity contribution in [1.29, 1.82) is 0 Å². The number of anilines is 1. The van der Waals surface area contributed by atoms with E-state index in [4.69, 9.17) is 4.74 Å². The van der Waals surface area contributed by atoms with Crippen molar-refractivity contribution in [2.75, 3.05) is 5.32 Å². The molecule has 4 rings (SSSR count). The number of amides is 2. The molecule has 0 saturated heterocycles. The first-order valence-corrected chi connectivity index (χ1v) is 9.80. The van der Waals surface area contributed by atoms with E-state index < -0.39 is 5.91 Å². The molecule has 11 heteroatoms. The van der Waals surface area contributed by atoms with Crippen molar-refractivity contribution in [3.63, 3.8) is 0 Å². The third-order valence-corrected chi connectivity index (χ3v) is 4.59. The average molecular weight is 434 g/mol. The Balaban J connectivity index is 1.38. The number of nitrogens with one attached hydrogen (secondary N) is 2. The number of hydrogen-bond acceptors (Lipinski definition) is 6. The van der Waals surface area contributed by atoms with Crippen molar-refractivity contribution < 1.29 is 14.3 Å². The smallest absolute Gasteiger partial charge is 0.276 e. The molecule has 11 nitrogen and oxygen atoms in total. The van der Waals surface area contributed by atoms with Crippen LogP contribution in [0.4, 0.5) is 5.69 Å². The van der Waals surface area contributed by atoms with Gasteiger partial charge in [-0.2, -0.15) is 15.3 Å². The molecule has 0 unspecified atom stereocenters. The molecule has 0 atom stereocenters. The zero-order chi connectivity index (χ0) is 22.5. The third kappa shape index (κ3) is 4.83. The summed E-state index contributed by atoms with van der Waals surface area (Å²) in [6.45, 7) is 0.462. The van der Waals surface area contributed by atoms with Crippen LogP contribution in [0.25, 0.3) is 0 Å². The predicted molar refractivity (Wildman–Crippen MR) is 115 cm³/mol. The van der Waals surface area contributed by atoms with Crippen LogP contribution in [0.5, 0.6) is 5.75 Å². The molecule has 32 heavy (non-hydrogen) atoms. The molecule has 0 aliphatic heterocycles. The normalized spacial score (nSPS) is 10.7. The van der Waals surface area contributed by atoms with Gasteiger partial charge in [-0.15, -0.1) is 0 Å². The minimum absolute atomic E-state index is 0.159. The maximum Gasteiger partial charge on any atom is 0.276 e. The molecule has 0 aliphatic rings. The fraction of sp³-hybridized carbons (Fsp3) is 0.190. The van der Waals surface area contributed by atoms with Crippen molar-refractivity contribution in [2.24, 2.45) is 14.1 Å². The Labute approximate surface area is 183 Å². The lowest BCUT2D eigenvalue weighted by Crippen LogP contribution is -2.26. The van der Waals surface area contributed by atoms with E-state index >= 15 is 0 Å². The summed E-state index contributed by atoms with van der Waals surface area (Å²) in [5.41, 5.74) is 1.56. The summed E-state index contributed by atoms with van der Waals surface area (Å²) in [5, 5.41) is 17.9. The summed E-state index contributed by atoms with van der Waals surface area (Å²) in [4.78, 5) is 25.3. The molecule has 0 saturated carbocycles. The summed E-state index contributed by atoms with van der Waals surface area (Å²) >= 11 is 0. The highest BCUT2D eigenvalue weighted by Crippen LogP contribution is 2.16. The van der Waals surface area contributed by atoms with Crippen LogP contribution in [0, 0.1) is 0 Å². The third-order valence-electron chi connectivity index (χ3n) is 4.59. The summed E-state index contributed by atoms with van der Waals surface area (Å²) in [6.07, 6.45) is 6.54. The molecule has 0 radical (unpaired) electrons. The Morgan fingerprint density at radius 3 is 2.59 bits per heavy atom. The van der Waals surface area contributed by atoms with Crippen LogP contribution in [0.3, 0.4) is 0 Å². The lowest BCUT2D eigenvalue weighted by molar-refractivity contribution is 0.0942. The quantitative estimate of drug-likeness (QED) is 0.434. The number of carbonyl (C=O) groups excluding carboxylic acids is 2. The van der Waals surface area contributed by atoms with Crippen molar-refractivity contribution in [1.82, 2.24) is 34.7 Å². The minimum atomic E-state index is -0.460. The van der Waals surface area contributed by atoms with Crippen molar-refractivity contribution in [3.05, 3.63) is 78.1 Å². The Bertz CT molecular complexity index is 1220. The van der Waals surface area contributed by atoms with Gasteiger partial charge in [-0.25, -0.2) is 4.68 Å². The van der Waals surface area contributed by atoms with Gasteiger partial charge in [0.2, 0.25) is 0 Å². The predicted octanol–water partition coefficient (Wildman–Crippen LogP) is 1.57. The van der Waals surface area contributed by atoms with E-state index in [1.165, 1.54) is 15.6 Å². The lowest BCUT2D eigenvalue weighted by atomic mass is 10.3. The van der Waals surface area contributed by atoms with E-state index in [9.17, 15) is 9.59 Å². The zero-order valence-corrected chi connectivity index (χ0v) is 17.6. The topological polar surface area (TPSA) is 121 Å². The van der Waals surface area contributed by atoms with Crippen molar-refractivity contribution >= 4 is 17.5 Å². The number of carbonyl (C=O) groups is 2. The highest BCUT2D eigenvalue weighted by Gasteiger charge is 2.20. The van der Waals surface area contributed by atoms with E-state index in [1.807, 2.05) is 36.5 Å². The van der Waals surface area contributed by atoms with Crippen LogP contribution in [0.1, 0.15) is 26.5 Å². The number of benzene rings is 1. The zero-order valence-electron chi connectivity index (χ0n) is 17.6. The summed E-state index contributed by atoms with van der Waals surface area (Å²) in [6, 6.07) is 10.9. The molecule has 0 aliphatic carbocycles. The van der Waals surface area contributed by atoms with Gasteiger partial charge < -0.3 is 15.4 Å². The first kappa shape index (κ1) is 20.8. The fourth-order valence-corrected chi connectivity index (χ4v) is 3.03. The largest absolute Gasteiger partial charge is 0.471 e. The number of para-hydroxylation sites is 1. The van der Waals surface area contributed by atoms with Crippen LogP contribution in [-0.2, 0) is 27.4 Å². The van der Waals surface area contributed by atoms with Gasteiger partial charge in [0.1, 0.15) is 11.4 Å². The van der Waals surface area contributed by atoms with E-state index in [1.54, 1.807) is 37.2 Å². The molecule has 0 spiro atoms. The Hall–Kier alpha value is -4.41. The van der Waals surface area contributed by atoms with Gasteiger partial charge in [0, 0.05) is 38.6 Å². The molecule has 4 aromatic rings. The summed E-state index contributed by atoms with van der Waals surface area (Å²) < 4.78 is 10.2. The molecule has 2 N–H and O–H groups in total. The number of aryl methyl sites for hydroxylation is 2. The Morgan fingerprint density at radius 2 is 1.84 bits per heavy atom. The van der Waals surface area contributed by atoms with Gasteiger partial charge in [-0.1, -0.05) is 18.2 Å². The maximum atomic E-state index is 12.7. The Kier molecular flexibility index (Phi) is 5.97. The molecule has 3 aromatic heterocycles. The van der Waals surface area contributed by atoms with E-state index in [0.29, 0.717) is 12.3 Å². The highest BCUT2D eigenvalue weighted by molar-refractivity contribution is 6.07. The van der Waals surface area contributed by atoms with E-state index in [0.717, 1.165) is 5.56 Å². The standard InChI is InChI=1S/C21H22N8O3/c1-27-13-15(11-23-27)10-22-21(31)19-18(12-24-28(19)2)25-20(30)17-8-9-29(26-17)14-32-16-6-4-3-5-7-16/h3-9,11-13H,10,14H2,1-2H3,(H,22,31)(H,25,30). The van der Waals surface area contributed by atoms with Gasteiger partial charge in [0.25, 0.3) is 11.8 Å². The summed E-state index contributed by atoms with van der Waals surface area (Å²) in [7, 11) is 3.43. The van der Waals surface area contributed by atoms with Crippen molar-refractivity contribution in [2.45, 2.75) is 13.3 Å². The second-order valence-corrected chi connectivity index (χ2v) is 7.02. The van der Waals surface area contributed by atoms with Gasteiger partial charge in [0.05, 0.1) is 18.1 Å². The van der Waals surface area contributed by atoms with Crippen LogP contribution in [-0.4, -0.2) is 41.2 Å². The second-order valence-electron chi connectivity index (χ2n) is 7.02. The Morgan fingerprint density at radius 1 is 1.03 bits per heavy atom. The van der Waals surface area contributed by atoms with Gasteiger partial charge in [-0.05, 0) is 18.2 Å². The van der Waals surface area contributed by atoms with E-state index in [2.05, 4.69) is 25.9 Å². The number of ether oxygens (including phenoxy) is 1. The number of aromatic nitrogens is 6.